The van der Waals surface area contributed by atoms with Crippen LogP contribution in [0.5, 0.6) is 0 Å². The molecular formula is C12H21N3O5. The second kappa shape index (κ2) is 7.56. The van der Waals surface area contributed by atoms with E-state index in [1.54, 1.807) is 23.8 Å². The Hall–Kier alpha value is -1.99. The highest BCUT2D eigenvalue weighted by atomic mass is 16.6. The largest absolute Gasteiger partial charge is 0.481 e. The van der Waals surface area contributed by atoms with Gasteiger partial charge in [0.2, 0.25) is 0 Å². The van der Waals surface area contributed by atoms with Gasteiger partial charge in [0.05, 0.1) is 13.0 Å². The molecule has 0 bridgehead atoms. The molecule has 114 valence electrons. The molecule has 1 saturated heterocycles. The minimum Gasteiger partial charge on any atom is -0.481 e. The standard InChI is InChI=1S/C12H21N3O5/c1-3-20-12(19)15-8-6-14(7-9-15)11(18)13(2)5-4-10(16)17/h3-9H2,1-2H3,(H,16,17). The van der Waals surface area contributed by atoms with Gasteiger partial charge in [0.15, 0.2) is 0 Å². The van der Waals surface area contributed by atoms with Crippen LogP contribution in [0.3, 0.4) is 0 Å². The third-order valence-electron chi connectivity index (χ3n) is 3.06. The quantitative estimate of drug-likeness (QED) is 0.802. The highest BCUT2D eigenvalue weighted by molar-refractivity contribution is 5.76. The molecule has 0 unspecified atom stereocenters. The molecule has 0 aliphatic carbocycles. The van der Waals surface area contributed by atoms with Crippen molar-refractivity contribution in [1.82, 2.24) is 14.7 Å². The Labute approximate surface area is 117 Å². The molecule has 1 aliphatic heterocycles. The van der Waals surface area contributed by atoms with Gasteiger partial charge in [0, 0.05) is 39.8 Å². The molecule has 1 aliphatic rings. The van der Waals surface area contributed by atoms with E-state index in [-0.39, 0.29) is 25.1 Å². The van der Waals surface area contributed by atoms with Gasteiger partial charge in [-0.2, -0.15) is 0 Å². The monoisotopic (exact) mass is 287 g/mol. The Morgan fingerprint density at radius 1 is 1.15 bits per heavy atom. The summed E-state index contributed by atoms with van der Waals surface area (Å²) in [4.78, 5) is 38.6. The van der Waals surface area contributed by atoms with E-state index in [1.807, 2.05) is 0 Å². The number of nitrogens with zero attached hydrogens (tertiary/aromatic N) is 3. The van der Waals surface area contributed by atoms with E-state index < -0.39 is 5.97 Å². The predicted molar refractivity (Wildman–Crippen MR) is 70.4 cm³/mol. The van der Waals surface area contributed by atoms with E-state index in [4.69, 9.17) is 9.84 Å². The number of carboxylic acid groups (broad SMARTS) is 1. The lowest BCUT2D eigenvalue weighted by Crippen LogP contribution is -2.53. The van der Waals surface area contributed by atoms with Crippen LogP contribution in [-0.2, 0) is 9.53 Å². The number of piperazine rings is 1. The van der Waals surface area contributed by atoms with Crippen molar-refractivity contribution < 1.29 is 24.2 Å². The number of aliphatic carboxylic acids is 1. The van der Waals surface area contributed by atoms with Crippen molar-refractivity contribution in [3.05, 3.63) is 0 Å². The third-order valence-corrected chi connectivity index (χ3v) is 3.06. The average Bonchev–Trinajstić information content (AvgIpc) is 2.44. The summed E-state index contributed by atoms with van der Waals surface area (Å²) >= 11 is 0. The topological polar surface area (TPSA) is 90.4 Å². The molecule has 1 rings (SSSR count). The summed E-state index contributed by atoms with van der Waals surface area (Å²) in [5.74, 6) is -0.934. The van der Waals surface area contributed by atoms with Crippen molar-refractivity contribution >= 4 is 18.1 Å². The number of hydrogen-bond acceptors (Lipinski definition) is 4. The van der Waals surface area contributed by atoms with Crippen molar-refractivity contribution in [3.63, 3.8) is 0 Å². The summed E-state index contributed by atoms with van der Waals surface area (Å²) in [5, 5.41) is 8.59. The first-order valence-corrected chi connectivity index (χ1v) is 6.59. The van der Waals surface area contributed by atoms with Crippen molar-refractivity contribution in [1.29, 1.82) is 0 Å². The van der Waals surface area contributed by atoms with Crippen LogP contribution in [0.2, 0.25) is 0 Å². The van der Waals surface area contributed by atoms with E-state index in [2.05, 4.69) is 0 Å². The molecule has 1 heterocycles. The van der Waals surface area contributed by atoms with Gasteiger partial charge in [-0.1, -0.05) is 0 Å². The Morgan fingerprint density at radius 2 is 1.70 bits per heavy atom. The maximum Gasteiger partial charge on any atom is 0.409 e. The highest BCUT2D eigenvalue weighted by Crippen LogP contribution is 2.06. The number of rotatable bonds is 4. The van der Waals surface area contributed by atoms with Crippen molar-refractivity contribution in [2.75, 3.05) is 46.4 Å². The van der Waals surface area contributed by atoms with Gasteiger partial charge in [0.25, 0.3) is 0 Å². The van der Waals surface area contributed by atoms with Crippen molar-refractivity contribution in [3.8, 4) is 0 Å². The zero-order valence-corrected chi connectivity index (χ0v) is 11.9. The lowest BCUT2D eigenvalue weighted by molar-refractivity contribution is -0.137. The van der Waals surface area contributed by atoms with E-state index >= 15 is 0 Å². The highest BCUT2D eigenvalue weighted by Gasteiger charge is 2.26. The average molecular weight is 287 g/mol. The summed E-state index contributed by atoms with van der Waals surface area (Å²) in [5.41, 5.74) is 0. The van der Waals surface area contributed by atoms with Gasteiger partial charge >= 0.3 is 18.1 Å². The van der Waals surface area contributed by atoms with Gasteiger partial charge in [0.1, 0.15) is 0 Å². The lowest BCUT2D eigenvalue weighted by Gasteiger charge is -2.36. The normalized spacial score (nSPS) is 14.9. The Kier molecular flexibility index (Phi) is 6.08. The van der Waals surface area contributed by atoms with Gasteiger partial charge in [-0.15, -0.1) is 0 Å². The molecule has 0 saturated carbocycles. The fourth-order valence-corrected chi connectivity index (χ4v) is 1.90. The molecule has 3 amide bonds. The van der Waals surface area contributed by atoms with E-state index in [0.29, 0.717) is 32.8 Å². The second-order valence-electron chi connectivity index (χ2n) is 4.52. The first kappa shape index (κ1) is 16.1. The molecule has 1 fully saturated rings. The molecule has 0 aromatic carbocycles. The molecule has 0 radical (unpaired) electrons. The van der Waals surface area contributed by atoms with Crippen LogP contribution >= 0.6 is 0 Å². The zero-order chi connectivity index (χ0) is 15.1. The molecule has 20 heavy (non-hydrogen) atoms. The van der Waals surface area contributed by atoms with Crippen LogP contribution in [0, 0.1) is 0 Å². The van der Waals surface area contributed by atoms with Gasteiger partial charge in [-0.25, -0.2) is 9.59 Å². The van der Waals surface area contributed by atoms with E-state index in [1.165, 1.54) is 4.90 Å². The summed E-state index contributed by atoms with van der Waals surface area (Å²) in [7, 11) is 1.57. The smallest absolute Gasteiger partial charge is 0.409 e. The van der Waals surface area contributed by atoms with Gasteiger partial charge in [-0.05, 0) is 6.92 Å². The minimum atomic E-state index is -0.934. The Morgan fingerprint density at radius 3 is 2.20 bits per heavy atom. The third kappa shape index (κ3) is 4.60. The zero-order valence-electron chi connectivity index (χ0n) is 11.9. The number of carbonyl (C=O) groups is 3. The van der Waals surface area contributed by atoms with Crippen LogP contribution in [-0.4, -0.2) is 84.3 Å². The second-order valence-corrected chi connectivity index (χ2v) is 4.52. The Bertz CT molecular complexity index is 366. The molecular weight excluding hydrogens is 266 g/mol. The number of carboxylic acids is 1. The van der Waals surface area contributed by atoms with Crippen LogP contribution in [0.4, 0.5) is 9.59 Å². The summed E-state index contributed by atoms with van der Waals surface area (Å²) in [6.07, 6.45) is -0.441. The fraction of sp³-hybridized carbons (Fsp3) is 0.750. The fourth-order valence-electron chi connectivity index (χ4n) is 1.90. The van der Waals surface area contributed by atoms with Crippen LogP contribution in [0.25, 0.3) is 0 Å². The Balaban J connectivity index is 2.38. The molecule has 0 spiro atoms. The first-order valence-electron chi connectivity index (χ1n) is 6.59. The molecule has 8 nitrogen and oxygen atoms in total. The van der Waals surface area contributed by atoms with Gasteiger partial charge < -0.3 is 24.5 Å². The van der Waals surface area contributed by atoms with Crippen LogP contribution < -0.4 is 0 Å². The SMILES string of the molecule is CCOC(=O)N1CCN(C(=O)N(C)CCC(=O)O)CC1. The number of hydrogen-bond donors (Lipinski definition) is 1. The molecule has 0 atom stereocenters. The van der Waals surface area contributed by atoms with E-state index in [0.717, 1.165) is 0 Å². The first-order chi connectivity index (χ1) is 9.45. The summed E-state index contributed by atoms with van der Waals surface area (Å²) in [6.45, 7) is 3.95. The maximum atomic E-state index is 12.0. The van der Waals surface area contributed by atoms with Gasteiger partial charge in [-0.3, -0.25) is 4.79 Å². The minimum absolute atomic E-state index is 0.0783. The van der Waals surface area contributed by atoms with Crippen molar-refractivity contribution in [2.24, 2.45) is 0 Å². The predicted octanol–water partition coefficient (Wildman–Crippen LogP) is 0.287. The van der Waals surface area contributed by atoms with Crippen molar-refractivity contribution in [2.45, 2.75) is 13.3 Å². The van der Waals surface area contributed by atoms with Crippen LogP contribution in [0.1, 0.15) is 13.3 Å². The summed E-state index contributed by atoms with van der Waals surface area (Å²) < 4.78 is 4.90. The number of urea groups is 1. The molecule has 0 aromatic heterocycles. The molecule has 8 heteroatoms. The summed E-state index contributed by atoms with van der Waals surface area (Å²) in [6, 6.07) is -0.213. The molecule has 0 aromatic rings. The molecule has 1 N–H and O–H groups in total. The van der Waals surface area contributed by atoms with E-state index in [9.17, 15) is 14.4 Å². The number of carbonyl (C=O) groups excluding carboxylic acids is 2. The number of ether oxygens (including phenoxy) is 1. The lowest BCUT2D eigenvalue weighted by atomic mass is 10.3. The maximum absolute atomic E-state index is 12.0. The van der Waals surface area contributed by atoms with Crippen LogP contribution in [0.15, 0.2) is 0 Å². The number of amides is 3.